The first kappa shape index (κ1) is 21.9. The van der Waals surface area contributed by atoms with Crippen LogP contribution in [0.15, 0.2) is 72.8 Å². The van der Waals surface area contributed by atoms with Gasteiger partial charge in [0.05, 0.1) is 13.2 Å². The topological polar surface area (TPSA) is 30.5 Å². The summed E-state index contributed by atoms with van der Waals surface area (Å²) in [6.45, 7) is 1.44. The number of rotatable bonds is 7. The van der Waals surface area contributed by atoms with Crippen LogP contribution in [0.4, 0.5) is 8.78 Å². The Morgan fingerprint density at radius 1 is 0.903 bits per heavy atom. The Morgan fingerprint density at radius 2 is 1.61 bits per heavy atom. The molecule has 0 spiro atoms. The molecule has 162 valence electrons. The third-order valence-corrected chi connectivity index (χ3v) is 5.94. The zero-order valence-corrected chi connectivity index (χ0v) is 17.7. The number of piperidine rings is 1. The van der Waals surface area contributed by atoms with E-state index in [1.54, 1.807) is 12.1 Å². The van der Waals surface area contributed by atoms with Crippen LogP contribution in [0.1, 0.15) is 23.1 Å². The maximum absolute atomic E-state index is 14.3. The molecule has 1 heterocycles. The number of benzene rings is 3. The predicted molar refractivity (Wildman–Crippen MR) is 117 cm³/mol. The van der Waals surface area contributed by atoms with E-state index >= 15 is 0 Å². The van der Waals surface area contributed by atoms with E-state index in [0.29, 0.717) is 31.1 Å². The first-order valence-corrected chi connectivity index (χ1v) is 10.7. The van der Waals surface area contributed by atoms with Crippen LogP contribution in [-0.2, 0) is 28.3 Å². The molecule has 0 saturated carbocycles. The summed E-state index contributed by atoms with van der Waals surface area (Å²) in [6, 6.07) is 21.1. The molecule has 1 aliphatic heterocycles. The lowest BCUT2D eigenvalue weighted by molar-refractivity contribution is -0.177. The van der Waals surface area contributed by atoms with Crippen molar-refractivity contribution >= 4 is 11.6 Å². The summed E-state index contributed by atoms with van der Waals surface area (Å²) < 4.78 is 41.2. The van der Waals surface area contributed by atoms with Gasteiger partial charge in [-0.15, -0.1) is 0 Å². The second-order valence-electron chi connectivity index (χ2n) is 7.62. The van der Waals surface area contributed by atoms with Crippen LogP contribution in [0.25, 0.3) is 0 Å². The van der Waals surface area contributed by atoms with Crippen molar-refractivity contribution in [1.29, 1.82) is 0 Å². The molecule has 3 aromatic rings. The molecule has 3 nitrogen and oxygen atoms in total. The zero-order valence-electron chi connectivity index (χ0n) is 17.0. The molecule has 0 unspecified atom stereocenters. The minimum absolute atomic E-state index is 0.0869. The van der Waals surface area contributed by atoms with Crippen LogP contribution in [0, 0.1) is 11.6 Å². The molecule has 6 heteroatoms. The quantitative estimate of drug-likeness (QED) is 0.515. The van der Waals surface area contributed by atoms with Crippen molar-refractivity contribution in [1.82, 2.24) is 5.32 Å². The highest BCUT2D eigenvalue weighted by Crippen LogP contribution is 2.39. The molecule has 4 rings (SSSR count). The van der Waals surface area contributed by atoms with Gasteiger partial charge in [0.25, 0.3) is 0 Å². The lowest BCUT2D eigenvalue weighted by atomic mass is 9.82. The van der Waals surface area contributed by atoms with Crippen LogP contribution in [0.2, 0.25) is 5.02 Å². The lowest BCUT2D eigenvalue weighted by Crippen LogP contribution is -2.54. The fourth-order valence-corrected chi connectivity index (χ4v) is 4.11. The fraction of sp³-hybridized carbons (Fsp3) is 0.280. The van der Waals surface area contributed by atoms with Gasteiger partial charge < -0.3 is 14.8 Å². The standard InChI is InChI=1S/C25H24ClF2NO2/c26-20-11-9-19(10-12-20)25(31-17-21-22(27)7-4-8-23(21)28)13-14-29-15-24(25)30-16-18-5-2-1-3-6-18/h1-12,24,29H,13-17H2/t24-,25-/m0/s1. The molecule has 31 heavy (non-hydrogen) atoms. The van der Waals surface area contributed by atoms with Crippen molar-refractivity contribution in [2.24, 2.45) is 0 Å². The van der Waals surface area contributed by atoms with E-state index in [-0.39, 0.29) is 18.3 Å². The van der Waals surface area contributed by atoms with E-state index in [1.807, 2.05) is 42.5 Å². The van der Waals surface area contributed by atoms with E-state index in [4.69, 9.17) is 21.1 Å². The second kappa shape index (κ2) is 9.88. The molecule has 2 atom stereocenters. The second-order valence-corrected chi connectivity index (χ2v) is 8.06. The van der Waals surface area contributed by atoms with Gasteiger partial charge in [-0.3, -0.25) is 0 Å². The molecule has 1 saturated heterocycles. The fourth-order valence-electron chi connectivity index (χ4n) is 3.98. The largest absolute Gasteiger partial charge is 0.369 e. The SMILES string of the molecule is Fc1cccc(F)c1CO[C@]1(c2ccc(Cl)cc2)CCNC[C@@H]1OCc1ccccc1. The van der Waals surface area contributed by atoms with Gasteiger partial charge >= 0.3 is 0 Å². The van der Waals surface area contributed by atoms with Gasteiger partial charge in [0.15, 0.2) is 0 Å². The van der Waals surface area contributed by atoms with Gasteiger partial charge in [0, 0.05) is 17.1 Å². The van der Waals surface area contributed by atoms with Crippen molar-refractivity contribution in [3.63, 3.8) is 0 Å². The molecule has 1 N–H and O–H groups in total. The maximum Gasteiger partial charge on any atom is 0.131 e. The van der Waals surface area contributed by atoms with Gasteiger partial charge in [-0.25, -0.2) is 8.78 Å². The third-order valence-electron chi connectivity index (χ3n) is 5.69. The zero-order chi connectivity index (χ0) is 21.7. The van der Waals surface area contributed by atoms with Gasteiger partial charge in [-0.2, -0.15) is 0 Å². The number of nitrogens with one attached hydrogen (secondary N) is 1. The summed E-state index contributed by atoms with van der Waals surface area (Å²) in [5.41, 5.74) is 0.946. The van der Waals surface area contributed by atoms with Gasteiger partial charge in [-0.05, 0) is 48.4 Å². The summed E-state index contributed by atoms with van der Waals surface area (Å²) in [5, 5.41) is 3.95. The Bertz CT molecular complexity index is 980. The molecule has 0 aromatic heterocycles. The molecule has 1 fully saturated rings. The maximum atomic E-state index is 14.3. The Labute approximate surface area is 186 Å². The minimum atomic E-state index is -0.876. The van der Waals surface area contributed by atoms with Gasteiger partial charge in [0.1, 0.15) is 23.3 Å². The highest BCUT2D eigenvalue weighted by Gasteiger charge is 2.44. The molecule has 1 aliphatic rings. The normalized spacial score (nSPS) is 21.2. The minimum Gasteiger partial charge on any atom is -0.369 e. The van der Waals surface area contributed by atoms with E-state index in [0.717, 1.165) is 11.1 Å². The Morgan fingerprint density at radius 3 is 2.32 bits per heavy atom. The summed E-state index contributed by atoms with van der Waals surface area (Å²) in [6.07, 6.45) is 0.224. The number of halogens is 3. The molecule has 0 radical (unpaired) electrons. The highest BCUT2D eigenvalue weighted by atomic mass is 35.5. The summed E-state index contributed by atoms with van der Waals surface area (Å²) in [7, 11) is 0. The van der Waals surface area contributed by atoms with Crippen molar-refractivity contribution in [3.8, 4) is 0 Å². The first-order valence-electron chi connectivity index (χ1n) is 10.3. The van der Waals surface area contributed by atoms with Crippen LogP contribution >= 0.6 is 11.6 Å². The molecule has 0 aliphatic carbocycles. The first-order chi connectivity index (χ1) is 15.1. The molecule has 3 aromatic carbocycles. The van der Waals surface area contributed by atoms with E-state index in [1.165, 1.54) is 18.2 Å². The van der Waals surface area contributed by atoms with Crippen molar-refractivity contribution in [2.75, 3.05) is 13.1 Å². The average Bonchev–Trinajstić information content (AvgIpc) is 2.79. The number of hydrogen-bond donors (Lipinski definition) is 1. The summed E-state index contributed by atoms with van der Waals surface area (Å²) in [4.78, 5) is 0. The molecule has 0 amide bonds. The highest BCUT2D eigenvalue weighted by molar-refractivity contribution is 6.30. The van der Waals surface area contributed by atoms with Gasteiger partial charge in [0.2, 0.25) is 0 Å². The Kier molecular flexibility index (Phi) is 6.98. The van der Waals surface area contributed by atoms with Gasteiger partial charge in [-0.1, -0.05) is 60.1 Å². The lowest BCUT2D eigenvalue weighted by Gasteiger charge is -2.44. The number of ether oxygens (including phenoxy) is 2. The Balaban J connectivity index is 1.65. The molecular weight excluding hydrogens is 420 g/mol. The number of hydrogen-bond acceptors (Lipinski definition) is 3. The van der Waals surface area contributed by atoms with Crippen LogP contribution < -0.4 is 5.32 Å². The summed E-state index contributed by atoms with van der Waals surface area (Å²) in [5.74, 6) is -1.25. The van der Waals surface area contributed by atoms with Crippen molar-refractivity contribution in [3.05, 3.63) is 106 Å². The van der Waals surface area contributed by atoms with Crippen molar-refractivity contribution in [2.45, 2.75) is 31.3 Å². The van der Waals surface area contributed by atoms with E-state index in [2.05, 4.69) is 5.32 Å². The smallest absolute Gasteiger partial charge is 0.131 e. The molecule has 0 bridgehead atoms. The van der Waals surface area contributed by atoms with Crippen molar-refractivity contribution < 1.29 is 18.3 Å². The predicted octanol–water partition coefficient (Wildman–Crippen LogP) is 5.61. The van der Waals surface area contributed by atoms with Crippen LogP contribution in [0.5, 0.6) is 0 Å². The monoisotopic (exact) mass is 443 g/mol. The average molecular weight is 444 g/mol. The van der Waals surface area contributed by atoms with E-state index < -0.39 is 17.2 Å². The molecular formula is C25H24ClF2NO2. The van der Waals surface area contributed by atoms with Crippen LogP contribution in [0.3, 0.4) is 0 Å². The third kappa shape index (κ3) is 4.96. The Hall–Kier alpha value is -2.31. The van der Waals surface area contributed by atoms with Crippen LogP contribution in [-0.4, -0.2) is 19.2 Å². The van der Waals surface area contributed by atoms with E-state index in [9.17, 15) is 8.78 Å². The summed E-state index contributed by atoms with van der Waals surface area (Å²) >= 11 is 6.10.